The van der Waals surface area contributed by atoms with Gasteiger partial charge in [-0.25, -0.2) is 9.59 Å². The van der Waals surface area contributed by atoms with Crippen molar-refractivity contribution in [2.45, 2.75) is 0 Å². The highest BCUT2D eigenvalue weighted by atomic mass is 16.4. The molecular formula is C18H16O6. The lowest BCUT2D eigenvalue weighted by molar-refractivity contribution is -0.135. The van der Waals surface area contributed by atoms with E-state index in [2.05, 4.69) is 0 Å². The molecule has 0 aliphatic rings. The molecule has 0 amide bonds. The van der Waals surface area contributed by atoms with Gasteiger partial charge in [-0.3, -0.25) is 0 Å². The van der Waals surface area contributed by atoms with Crippen LogP contribution in [0.1, 0.15) is 11.1 Å². The number of benzene rings is 2. The van der Waals surface area contributed by atoms with Crippen LogP contribution in [0, 0.1) is 0 Å². The first-order chi connectivity index (χ1) is 11.4. The van der Waals surface area contributed by atoms with Gasteiger partial charge in [0.15, 0.2) is 0 Å². The van der Waals surface area contributed by atoms with Gasteiger partial charge in [-0.2, -0.15) is 0 Å². The Labute approximate surface area is 138 Å². The largest absolute Gasteiger partial charge is 0.508 e. The number of aliphatic hydroxyl groups is 1. The fourth-order valence-electron chi connectivity index (χ4n) is 1.52. The quantitative estimate of drug-likeness (QED) is 0.506. The van der Waals surface area contributed by atoms with Gasteiger partial charge in [0.2, 0.25) is 5.76 Å². The van der Waals surface area contributed by atoms with Gasteiger partial charge in [-0.15, -0.1) is 0 Å². The zero-order valence-corrected chi connectivity index (χ0v) is 12.5. The Hall–Kier alpha value is -3.54. The Bertz CT molecular complexity index is 730. The Morgan fingerprint density at radius 1 is 0.792 bits per heavy atom. The Balaban J connectivity index is 0.000000240. The number of aliphatic hydroxyl groups excluding tert-OH is 1. The van der Waals surface area contributed by atoms with Crippen LogP contribution in [0.15, 0.2) is 66.4 Å². The summed E-state index contributed by atoms with van der Waals surface area (Å²) in [6.07, 6.45) is 3.70. The molecule has 0 aromatic heterocycles. The maximum Gasteiger partial charge on any atom is 0.370 e. The van der Waals surface area contributed by atoms with Gasteiger partial charge < -0.3 is 20.4 Å². The second kappa shape index (κ2) is 9.47. The van der Waals surface area contributed by atoms with E-state index in [-0.39, 0.29) is 5.75 Å². The molecule has 6 heteroatoms. The third kappa shape index (κ3) is 7.46. The van der Waals surface area contributed by atoms with E-state index in [0.717, 1.165) is 11.6 Å². The zero-order chi connectivity index (χ0) is 17.9. The van der Waals surface area contributed by atoms with E-state index in [9.17, 15) is 9.59 Å². The van der Waals surface area contributed by atoms with E-state index in [1.54, 1.807) is 36.4 Å². The second-order valence-corrected chi connectivity index (χ2v) is 4.51. The molecule has 124 valence electrons. The van der Waals surface area contributed by atoms with Crippen LogP contribution in [0.25, 0.3) is 12.2 Å². The van der Waals surface area contributed by atoms with Crippen molar-refractivity contribution >= 4 is 24.1 Å². The van der Waals surface area contributed by atoms with E-state index < -0.39 is 17.7 Å². The second-order valence-electron chi connectivity index (χ2n) is 4.51. The number of carboxylic acids is 2. The molecule has 6 nitrogen and oxygen atoms in total. The van der Waals surface area contributed by atoms with Crippen molar-refractivity contribution in [2.75, 3.05) is 0 Å². The summed E-state index contributed by atoms with van der Waals surface area (Å²) < 4.78 is 0. The molecule has 0 spiro atoms. The first kappa shape index (κ1) is 18.5. The molecule has 2 aromatic carbocycles. The standard InChI is InChI=1S/2C9H8O3/c10-8-4-1-7(2-5-8)3-6-9(11)12;10-8(9(11)12)6-7-4-2-1-3-5-7/h2*1-6,10H,(H,11,12)/b6-3+;. The summed E-state index contributed by atoms with van der Waals surface area (Å²) in [7, 11) is 0. The molecule has 0 saturated heterocycles. The molecule has 0 radical (unpaired) electrons. The number of rotatable bonds is 4. The van der Waals surface area contributed by atoms with Gasteiger partial charge in [-0.05, 0) is 35.4 Å². The van der Waals surface area contributed by atoms with Gasteiger partial charge in [0.1, 0.15) is 5.75 Å². The minimum absolute atomic E-state index is 0.169. The van der Waals surface area contributed by atoms with Gasteiger partial charge >= 0.3 is 11.9 Å². The van der Waals surface area contributed by atoms with Crippen LogP contribution in [-0.4, -0.2) is 32.4 Å². The topological polar surface area (TPSA) is 115 Å². The fourth-order valence-corrected chi connectivity index (χ4v) is 1.52. The first-order valence-electron chi connectivity index (χ1n) is 6.77. The third-order valence-electron chi connectivity index (χ3n) is 2.63. The smallest absolute Gasteiger partial charge is 0.370 e. The molecule has 0 bridgehead atoms. The Morgan fingerprint density at radius 2 is 1.38 bits per heavy atom. The van der Waals surface area contributed by atoms with E-state index >= 15 is 0 Å². The highest BCUT2D eigenvalue weighted by molar-refractivity contribution is 5.89. The molecule has 4 N–H and O–H groups in total. The summed E-state index contributed by atoms with van der Waals surface area (Å²) in [4.78, 5) is 20.3. The van der Waals surface area contributed by atoms with Crippen LogP contribution >= 0.6 is 0 Å². The summed E-state index contributed by atoms with van der Waals surface area (Å²) in [6.45, 7) is 0. The molecule has 0 unspecified atom stereocenters. The monoisotopic (exact) mass is 328 g/mol. The SMILES string of the molecule is O=C(O)/C=C/c1ccc(O)cc1.O=C(O)C(O)=Cc1ccccc1. The van der Waals surface area contributed by atoms with Gasteiger partial charge in [0.25, 0.3) is 0 Å². The number of phenolic OH excluding ortho intramolecular Hbond substituents is 1. The number of carbonyl (C=O) groups is 2. The summed E-state index contributed by atoms with van der Waals surface area (Å²) in [6, 6.07) is 15.0. The molecule has 0 aliphatic heterocycles. The van der Waals surface area contributed by atoms with Crippen LogP contribution in [0.4, 0.5) is 0 Å². The number of carboxylic acid groups (broad SMARTS) is 2. The zero-order valence-electron chi connectivity index (χ0n) is 12.5. The molecule has 0 heterocycles. The summed E-state index contributed by atoms with van der Waals surface area (Å²) in [5.41, 5.74) is 1.41. The van der Waals surface area contributed by atoms with Crippen molar-refractivity contribution in [1.29, 1.82) is 0 Å². The molecule has 2 rings (SSSR count). The lowest BCUT2D eigenvalue weighted by Crippen LogP contribution is -1.98. The van der Waals surface area contributed by atoms with E-state index in [1.807, 2.05) is 6.07 Å². The molecule has 2 aromatic rings. The Kier molecular flexibility index (Phi) is 7.30. The van der Waals surface area contributed by atoms with E-state index in [0.29, 0.717) is 5.56 Å². The van der Waals surface area contributed by atoms with Crippen molar-refractivity contribution < 1.29 is 30.0 Å². The minimum atomic E-state index is -1.32. The minimum Gasteiger partial charge on any atom is -0.508 e. The number of aromatic hydroxyl groups is 1. The van der Waals surface area contributed by atoms with Gasteiger partial charge in [-0.1, -0.05) is 42.5 Å². The fraction of sp³-hybridized carbons (Fsp3) is 0. The highest BCUT2D eigenvalue weighted by Crippen LogP contribution is 2.10. The highest BCUT2D eigenvalue weighted by Gasteiger charge is 2.02. The van der Waals surface area contributed by atoms with Gasteiger partial charge in [0, 0.05) is 6.08 Å². The average molecular weight is 328 g/mol. The van der Waals surface area contributed by atoms with Crippen LogP contribution in [0.5, 0.6) is 5.75 Å². The van der Waals surface area contributed by atoms with Crippen molar-refractivity contribution in [2.24, 2.45) is 0 Å². The summed E-state index contributed by atoms with van der Waals surface area (Å²) in [5.74, 6) is -2.79. The number of phenols is 1. The van der Waals surface area contributed by atoms with Crippen LogP contribution in [0.3, 0.4) is 0 Å². The Morgan fingerprint density at radius 3 is 1.88 bits per heavy atom. The molecule has 0 atom stereocenters. The molecule has 0 fully saturated rings. The number of hydrogen-bond donors (Lipinski definition) is 4. The lowest BCUT2D eigenvalue weighted by Gasteiger charge is -1.92. The van der Waals surface area contributed by atoms with Gasteiger partial charge in [0.05, 0.1) is 0 Å². The van der Waals surface area contributed by atoms with Crippen molar-refractivity contribution in [3.05, 3.63) is 77.6 Å². The van der Waals surface area contributed by atoms with Crippen LogP contribution in [-0.2, 0) is 9.59 Å². The maximum absolute atomic E-state index is 10.2. The molecule has 0 saturated carbocycles. The molecule has 0 aliphatic carbocycles. The maximum atomic E-state index is 10.2. The van der Waals surface area contributed by atoms with Crippen molar-refractivity contribution in [3.63, 3.8) is 0 Å². The number of hydrogen-bond acceptors (Lipinski definition) is 4. The molecule has 24 heavy (non-hydrogen) atoms. The van der Waals surface area contributed by atoms with E-state index in [4.69, 9.17) is 20.4 Å². The summed E-state index contributed by atoms with van der Waals surface area (Å²) in [5, 5.41) is 34.4. The van der Waals surface area contributed by atoms with Crippen LogP contribution in [0.2, 0.25) is 0 Å². The lowest BCUT2D eigenvalue weighted by atomic mass is 10.2. The van der Waals surface area contributed by atoms with Crippen molar-refractivity contribution in [1.82, 2.24) is 0 Å². The normalized spacial score (nSPS) is 10.8. The van der Waals surface area contributed by atoms with Crippen LogP contribution < -0.4 is 0 Å². The third-order valence-corrected chi connectivity index (χ3v) is 2.63. The van der Waals surface area contributed by atoms with Crippen molar-refractivity contribution in [3.8, 4) is 5.75 Å². The summed E-state index contributed by atoms with van der Waals surface area (Å²) >= 11 is 0. The first-order valence-corrected chi connectivity index (χ1v) is 6.77. The predicted octanol–water partition coefficient (Wildman–Crippen LogP) is 3.16. The van der Waals surface area contributed by atoms with E-state index in [1.165, 1.54) is 24.3 Å². The molecular weight excluding hydrogens is 312 g/mol. The average Bonchev–Trinajstić information content (AvgIpc) is 2.55. The predicted molar refractivity (Wildman–Crippen MR) is 89.5 cm³/mol. The number of aliphatic carboxylic acids is 2.